The highest BCUT2D eigenvalue weighted by molar-refractivity contribution is 5.98. The predicted molar refractivity (Wildman–Crippen MR) is 47.6 cm³/mol. The van der Waals surface area contributed by atoms with Gasteiger partial charge in [0.05, 0.1) is 6.04 Å². The molecule has 0 fully saturated rings. The molecule has 4 nitrogen and oxygen atoms in total. The third-order valence-electron chi connectivity index (χ3n) is 1.75. The van der Waals surface area contributed by atoms with Crippen LogP contribution in [-0.4, -0.2) is 17.9 Å². The van der Waals surface area contributed by atoms with Gasteiger partial charge in [-0.1, -0.05) is 13.8 Å². The Balaban J connectivity index is 2.54. The maximum Gasteiger partial charge on any atom is 0.228 e. The van der Waals surface area contributed by atoms with Crippen molar-refractivity contribution in [3.05, 3.63) is 0 Å². The lowest BCUT2D eigenvalue weighted by Crippen LogP contribution is -2.43. The molecule has 1 aliphatic rings. The molecule has 1 aliphatic heterocycles. The first-order chi connectivity index (χ1) is 5.58. The van der Waals surface area contributed by atoms with Crippen LogP contribution in [0.2, 0.25) is 0 Å². The van der Waals surface area contributed by atoms with E-state index in [1.165, 1.54) is 0 Å². The SMILES string of the molecule is CC(C)C[C@@H]1CC(=O)NC(N)=N1. The van der Waals surface area contributed by atoms with Gasteiger partial charge in [-0.2, -0.15) is 0 Å². The Labute approximate surface area is 72.2 Å². The summed E-state index contributed by atoms with van der Waals surface area (Å²) < 4.78 is 0. The highest BCUT2D eigenvalue weighted by Crippen LogP contribution is 2.13. The summed E-state index contributed by atoms with van der Waals surface area (Å²) >= 11 is 0. The van der Waals surface area contributed by atoms with Crippen molar-refractivity contribution in [1.82, 2.24) is 5.32 Å². The second kappa shape index (κ2) is 3.56. The van der Waals surface area contributed by atoms with E-state index in [1.807, 2.05) is 0 Å². The van der Waals surface area contributed by atoms with E-state index >= 15 is 0 Å². The number of hydrogen-bond acceptors (Lipinski definition) is 3. The molecular weight excluding hydrogens is 154 g/mol. The Morgan fingerprint density at radius 2 is 2.42 bits per heavy atom. The van der Waals surface area contributed by atoms with E-state index in [4.69, 9.17) is 5.73 Å². The molecule has 0 aromatic carbocycles. The first kappa shape index (κ1) is 9.03. The molecule has 0 saturated carbocycles. The molecule has 0 saturated heterocycles. The van der Waals surface area contributed by atoms with Crippen molar-refractivity contribution >= 4 is 11.9 Å². The topological polar surface area (TPSA) is 67.5 Å². The second-order valence-corrected chi connectivity index (χ2v) is 3.55. The zero-order chi connectivity index (χ0) is 9.14. The van der Waals surface area contributed by atoms with Gasteiger partial charge in [-0.15, -0.1) is 0 Å². The maximum absolute atomic E-state index is 11.0. The lowest BCUT2D eigenvalue weighted by molar-refractivity contribution is -0.120. The van der Waals surface area contributed by atoms with E-state index in [0.29, 0.717) is 12.3 Å². The number of carbonyl (C=O) groups excluding carboxylic acids is 1. The van der Waals surface area contributed by atoms with Crippen LogP contribution in [0.25, 0.3) is 0 Å². The maximum atomic E-state index is 11.0. The molecule has 4 heteroatoms. The van der Waals surface area contributed by atoms with Crippen LogP contribution in [0.5, 0.6) is 0 Å². The van der Waals surface area contributed by atoms with Gasteiger partial charge in [0.15, 0.2) is 5.96 Å². The molecule has 1 atom stereocenters. The standard InChI is InChI=1S/C8H15N3O/c1-5(2)3-6-4-7(12)11-8(9)10-6/h5-6H,3-4H2,1-2H3,(H3,9,10,11,12)/t6-/m1/s1. The quantitative estimate of drug-likeness (QED) is 0.621. The van der Waals surface area contributed by atoms with Gasteiger partial charge in [-0.05, 0) is 12.3 Å². The van der Waals surface area contributed by atoms with Crippen LogP contribution in [0, 0.1) is 5.92 Å². The third-order valence-corrected chi connectivity index (χ3v) is 1.75. The molecule has 0 spiro atoms. The van der Waals surface area contributed by atoms with Gasteiger partial charge in [0.2, 0.25) is 5.91 Å². The molecule has 0 radical (unpaired) electrons. The van der Waals surface area contributed by atoms with Crippen LogP contribution in [0.4, 0.5) is 0 Å². The smallest absolute Gasteiger partial charge is 0.228 e. The molecule has 1 rings (SSSR count). The summed E-state index contributed by atoms with van der Waals surface area (Å²) in [5.41, 5.74) is 5.41. The van der Waals surface area contributed by atoms with Gasteiger partial charge in [0.25, 0.3) is 0 Å². The van der Waals surface area contributed by atoms with Gasteiger partial charge in [-0.3, -0.25) is 10.1 Å². The zero-order valence-corrected chi connectivity index (χ0v) is 7.50. The monoisotopic (exact) mass is 169 g/mol. The van der Waals surface area contributed by atoms with E-state index in [2.05, 4.69) is 24.2 Å². The van der Waals surface area contributed by atoms with E-state index in [0.717, 1.165) is 6.42 Å². The fourth-order valence-corrected chi connectivity index (χ4v) is 1.36. The van der Waals surface area contributed by atoms with E-state index < -0.39 is 0 Å². The van der Waals surface area contributed by atoms with Crippen molar-refractivity contribution in [3.8, 4) is 0 Å². The van der Waals surface area contributed by atoms with Crippen LogP contribution in [0.15, 0.2) is 4.99 Å². The fraction of sp³-hybridized carbons (Fsp3) is 0.750. The third kappa shape index (κ3) is 2.53. The van der Waals surface area contributed by atoms with Gasteiger partial charge in [0, 0.05) is 6.42 Å². The van der Waals surface area contributed by atoms with Gasteiger partial charge >= 0.3 is 0 Å². The Morgan fingerprint density at radius 3 is 2.92 bits per heavy atom. The predicted octanol–water partition coefficient (Wildman–Crippen LogP) is 0.236. The van der Waals surface area contributed by atoms with E-state index in [9.17, 15) is 4.79 Å². The molecule has 1 amide bonds. The largest absolute Gasteiger partial charge is 0.370 e. The Bertz CT molecular complexity index is 210. The van der Waals surface area contributed by atoms with Gasteiger partial charge < -0.3 is 5.73 Å². The normalized spacial score (nSPS) is 23.8. The highest BCUT2D eigenvalue weighted by atomic mass is 16.1. The minimum Gasteiger partial charge on any atom is -0.370 e. The number of nitrogens with zero attached hydrogens (tertiary/aromatic N) is 1. The summed E-state index contributed by atoms with van der Waals surface area (Å²) in [4.78, 5) is 15.1. The number of amides is 1. The number of carbonyl (C=O) groups is 1. The first-order valence-electron chi connectivity index (χ1n) is 4.21. The summed E-state index contributed by atoms with van der Waals surface area (Å²) in [5, 5.41) is 2.47. The summed E-state index contributed by atoms with van der Waals surface area (Å²) in [5.74, 6) is 0.794. The van der Waals surface area contributed by atoms with Crippen LogP contribution in [-0.2, 0) is 4.79 Å². The van der Waals surface area contributed by atoms with E-state index in [1.54, 1.807) is 0 Å². The summed E-state index contributed by atoms with van der Waals surface area (Å²) in [6.07, 6.45) is 1.40. The molecule has 3 N–H and O–H groups in total. The van der Waals surface area contributed by atoms with Crippen molar-refractivity contribution in [3.63, 3.8) is 0 Å². The molecule has 68 valence electrons. The lowest BCUT2D eigenvalue weighted by atomic mass is 10.0. The Hall–Kier alpha value is -1.06. The minimum absolute atomic E-state index is 0.0202. The number of hydrogen-bond donors (Lipinski definition) is 2. The van der Waals surface area contributed by atoms with Gasteiger partial charge in [-0.25, -0.2) is 4.99 Å². The molecule has 1 heterocycles. The minimum atomic E-state index is -0.0202. The van der Waals surface area contributed by atoms with Crippen LogP contribution in [0.1, 0.15) is 26.7 Å². The summed E-state index contributed by atoms with van der Waals surface area (Å²) in [6.45, 7) is 4.22. The average molecular weight is 169 g/mol. The fourth-order valence-electron chi connectivity index (χ4n) is 1.36. The summed E-state index contributed by atoms with van der Waals surface area (Å²) in [6, 6.07) is 0.0822. The number of nitrogens with two attached hydrogens (primary N) is 1. The molecule has 0 unspecified atom stereocenters. The van der Waals surface area contributed by atoms with Crippen molar-refractivity contribution in [1.29, 1.82) is 0 Å². The van der Waals surface area contributed by atoms with Crippen molar-refractivity contribution < 1.29 is 4.79 Å². The molecule has 0 bridgehead atoms. The molecule has 0 aliphatic carbocycles. The van der Waals surface area contributed by atoms with Crippen molar-refractivity contribution in [2.45, 2.75) is 32.7 Å². The van der Waals surface area contributed by atoms with E-state index in [-0.39, 0.29) is 17.9 Å². The van der Waals surface area contributed by atoms with Crippen LogP contribution >= 0.6 is 0 Å². The first-order valence-corrected chi connectivity index (χ1v) is 4.21. The van der Waals surface area contributed by atoms with Crippen molar-refractivity contribution in [2.24, 2.45) is 16.6 Å². The summed E-state index contributed by atoms with van der Waals surface area (Å²) in [7, 11) is 0. The van der Waals surface area contributed by atoms with Crippen molar-refractivity contribution in [2.75, 3.05) is 0 Å². The second-order valence-electron chi connectivity index (χ2n) is 3.55. The average Bonchev–Trinajstić information content (AvgIpc) is 1.81. The molecule has 0 aromatic heterocycles. The lowest BCUT2D eigenvalue weighted by Gasteiger charge is -2.19. The Morgan fingerprint density at radius 1 is 1.75 bits per heavy atom. The highest BCUT2D eigenvalue weighted by Gasteiger charge is 2.19. The van der Waals surface area contributed by atoms with Gasteiger partial charge in [0.1, 0.15) is 0 Å². The molecular formula is C8H15N3O. The number of guanidine groups is 1. The number of rotatable bonds is 2. The van der Waals surface area contributed by atoms with Crippen LogP contribution < -0.4 is 11.1 Å². The van der Waals surface area contributed by atoms with Crippen LogP contribution in [0.3, 0.4) is 0 Å². The molecule has 12 heavy (non-hydrogen) atoms. The zero-order valence-electron chi connectivity index (χ0n) is 7.50. The number of aliphatic imine (C=N–C) groups is 1. The number of nitrogens with one attached hydrogen (secondary N) is 1. The molecule has 0 aromatic rings. The Kier molecular flexibility index (Phi) is 2.68.